The SMILES string of the molecule is CCC(C)(C)NC(=O)C(C)NCCOCC(F)(F)F. The van der Waals surface area contributed by atoms with Crippen molar-refractivity contribution in [3.63, 3.8) is 0 Å². The third-order valence-corrected chi connectivity index (χ3v) is 2.70. The van der Waals surface area contributed by atoms with E-state index in [-0.39, 0.29) is 24.6 Å². The molecule has 0 aromatic carbocycles. The van der Waals surface area contributed by atoms with Crippen molar-refractivity contribution in [1.29, 1.82) is 0 Å². The molecule has 1 atom stereocenters. The van der Waals surface area contributed by atoms with Gasteiger partial charge < -0.3 is 15.4 Å². The van der Waals surface area contributed by atoms with Gasteiger partial charge in [0.25, 0.3) is 0 Å². The van der Waals surface area contributed by atoms with Crippen molar-refractivity contribution >= 4 is 5.91 Å². The van der Waals surface area contributed by atoms with Gasteiger partial charge in [-0.25, -0.2) is 0 Å². The van der Waals surface area contributed by atoms with Crippen molar-refractivity contribution in [3.8, 4) is 0 Å². The Morgan fingerprint density at radius 3 is 2.37 bits per heavy atom. The molecule has 0 aliphatic heterocycles. The molecule has 1 unspecified atom stereocenters. The van der Waals surface area contributed by atoms with Crippen LogP contribution in [0.1, 0.15) is 34.1 Å². The maximum Gasteiger partial charge on any atom is 0.411 e. The standard InChI is InChI=1S/C12H23F3N2O2/c1-5-11(3,4)17-10(18)9(2)16-6-7-19-8-12(13,14)15/h9,16H,5-8H2,1-4H3,(H,17,18). The van der Waals surface area contributed by atoms with Gasteiger partial charge in [-0.05, 0) is 27.2 Å². The van der Waals surface area contributed by atoms with Gasteiger partial charge >= 0.3 is 6.18 Å². The largest absolute Gasteiger partial charge is 0.411 e. The lowest BCUT2D eigenvalue weighted by Crippen LogP contribution is -2.51. The first-order chi connectivity index (χ1) is 8.57. The Hall–Kier alpha value is -0.820. The lowest BCUT2D eigenvalue weighted by atomic mass is 10.0. The predicted molar refractivity (Wildman–Crippen MR) is 66.9 cm³/mol. The second-order valence-corrected chi connectivity index (χ2v) is 5.07. The maximum atomic E-state index is 11.8. The van der Waals surface area contributed by atoms with Crippen LogP contribution in [0.2, 0.25) is 0 Å². The van der Waals surface area contributed by atoms with E-state index in [1.807, 2.05) is 20.8 Å². The van der Waals surface area contributed by atoms with E-state index in [0.29, 0.717) is 0 Å². The monoisotopic (exact) mass is 284 g/mol. The first-order valence-corrected chi connectivity index (χ1v) is 6.27. The third-order valence-electron chi connectivity index (χ3n) is 2.70. The topological polar surface area (TPSA) is 50.4 Å². The van der Waals surface area contributed by atoms with E-state index in [1.165, 1.54) is 0 Å². The molecule has 0 aromatic heterocycles. The van der Waals surface area contributed by atoms with Gasteiger partial charge in [-0.15, -0.1) is 0 Å². The first-order valence-electron chi connectivity index (χ1n) is 6.27. The lowest BCUT2D eigenvalue weighted by molar-refractivity contribution is -0.173. The van der Waals surface area contributed by atoms with Crippen LogP contribution in [0.3, 0.4) is 0 Å². The van der Waals surface area contributed by atoms with Crippen LogP contribution in [-0.2, 0) is 9.53 Å². The highest BCUT2D eigenvalue weighted by Crippen LogP contribution is 2.14. The zero-order valence-electron chi connectivity index (χ0n) is 11.9. The summed E-state index contributed by atoms with van der Waals surface area (Å²) in [5.74, 6) is -0.178. The number of amides is 1. The van der Waals surface area contributed by atoms with Crippen LogP contribution in [0, 0.1) is 0 Å². The van der Waals surface area contributed by atoms with Crippen molar-refractivity contribution in [1.82, 2.24) is 10.6 Å². The molecule has 114 valence electrons. The Kier molecular flexibility index (Phi) is 7.36. The fraction of sp³-hybridized carbons (Fsp3) is 0.917. The number of rotatable bonds is 8. The highest BCUT2D eigenvalue weighted by atomic mass is 19.4. The summed E-state index contributed by atoms with van der Waals surface area (Å²) in [6, 6.07) is -0.472. The fourth-order valence-electron chi connectivity index (χ4n) is 1.16. The molecule has 0 bridgehead atoms. The second kappa shape index (κ2) is 7.69. The van der Waals surface area contributed by atoms with Gasteiger partial charge in [0, 0.05) is 12.1 Å². The van der Waals surface area contributed by atoms with E-state index >= 15 is 0 Å². The molecule has 0 aliphatic rings. The minimum atomic E-state index is -4.31. The molecule has 0 rings (SSSR count). The normalized spacial score (nSPS) is 14.3. The molecule has 0 heterocycles. The summed E-state index contributed by atoms with van der Waals surface area (Å²) in [6.07, 6.45) is -3.52. The van der Waals surface area contributed by atoms with E-state index in [0.717, 1.165) is 6.42 Å². The summed E-state index contributed by atoms with van der Waals surface area (Å²) in [6.45, 7) is 6.27. The Balaban J connectivity index is 3.80. The van der Waals surface area contributed by atoms with Crippen molar-refractivity contribution in [2.45, 2.75) is 51.9 Å². The first kappa shape index (κ1) is 18.2. The van der Waals surface area contributed by atoms with Gasteiger partial charge in [0.15, 0.2) is 0 Å². The molecule has 4 nitrogen and oxygen atoms in total. The van der Waals surface area contributed by atoms with Gasteiger partial charge in [-0.2, -0.15) is 13.2 Å². The molecule has 2 N–H and O–H groups in total. The minimum absolute atomic E-state index is 0.0890. The second-order valence-electron chi connectivity index (χ2n) is 5.07. The molecule has 0 aliphatic carbocycles. The Morgan fingerprint density at radius 1 is 1.32 bits per heavy atom. The zero-order chi connectivity index (χ0) is 15.1. The van der Waals surface area contributed by atoms with E-state index < -0.39 is 18.8 Å². The van der Waals surface area contributed by atoms with Gasteiger partial charge in [0.2, 0.25) is 5.91 Å². The van der Waals surface area contributed by atoms with Crippen LogP contribution in [0.5, 0.6) is 0 Å². The predicted octanol–water partition coefficient (Wildman–Crippen LogP) is 1.85. The quantitative estimate of drug-likeness (QED) is 0.669. The molecule has 0 saturated heterocycles. The van der Waals surface area contributed by atoms with E-state index in [2.05, 4.69) is 15.4 Å². The summed E-state index contributed by atoms with van der Waals surface area (Å²) in [4.78, 5) is 11.7. The number of hydrogen-bond donors (Lipinski definition) is 2. The average Bonchev–Trinajstić information content (AvgIpc) is 2.26. The van der Waals surface area contributed by atoms with Crippen LogP contribution in [0.15, 0.2) is 0 Å². The van der Waals surface area contributed by atoms with E-state index in [4.69, 9.17) is 0 Å². The number of hydrogen-bond acceptors (Lipinski definition) is 3. The van der Waals surface area contributed by atoms with Crippen LogP contribution in [0.4, 0.5) is 13.2 Å². The van der Waals surface area contributed by atoms with Gasteiger partial charge in [0.1, 0.15) is 6.61 Å². The molecule has 1 amide bonds. The summed E-state index contributed by atoms with van der Waals surface area (Å²) in [5, 5.41) is 5.66. The molecule has 0 saturated carbocycles. The lowest BCUT2D eigenvalue weighted by Gasteiger charge is -2.26. The molecule has 0 aromatic rings. The van der Waals surface area contributed by atoms with E-state index in [9.17, 15) is 18.0 Å². The molecule has 0 fully saturated rings. The molecular formula is C12H23F3N2O2. The Labute approximate surface area is 112 Å². The van der Waals surface area contributed by atoms with Gasteiger partial charge in [-0.1, -0.05) is 6.92 Å². The third kappa shape index (κ3) is 9.72. The van der Waals surface area contributed by atoms with Gasteiger partial charge in [-0.3, -0.25) is 4.79 Å². The number of halogens is 3. The van der Waals surface area contributed by atoms with Crippen LogP contribution in [0.25, 0.3) is 0 Å². The van der Waals surface area contributed by atoms with E-state index in [1.54, 1.807) is 6.92 Å². The highest BCUT2D eigenvalue weighted by Gasteiger charge is 2.27. The van der Waals surface area contributed by atoms with Crippen LogP contribution >= 0.6 is 0 Å². The fourth-order valence-corrected chi connectivity index (χ4v) is 1.16. The Bertz CT molecular complexity index is 281. The number of carbonyl (C=O) groups is 1. The summed E-state index contributed by atoms with van der Waals surface area (Å²) >= 11 is 0. The smallest absolute Gasteiger partial charge is 0.371 e. The summed E-state index contributed by atoms with van der Waals surface area (Å²) in [7, 11) is 0. The Morgan fingerprint density at radius 2 is 1.89 bits per heavy atom. The minimum Gasteiger partial charge on any atom is -0.371 e. The zero-order valence-corrected chi connectivity index (χ0v) is 11.9. The number of alkyl halides is 3. The van der Waals surface area contributed by atoms with Crippen molar-refractivity contribution in [2.24, 2.45) is 0 Å². The number of nitrogens with one attached hydrogen (secondary N) is 2. The average molecular weight is 284 g/mol. The molecule has 0 spiro atoms. The molecular weight excluding hydrogens is 261 g/mol. The van der Waals surface area contributed by atoms with Gasteiger partial charge in [0.05, 0.1) is 12.6 Å². The summed E-state index contributed by atoms with van der Waals surface area (Å²) < 4.78 is 39.8. The number of ether oxygens (including phenoxy) is 1. The van der Waals surface area contributed by atoms with Crippen molar-refractivity contribution in [2.75, 3.05) is 19.8 Å². The summed E-state index contributed by atoms with van der Waals surface area (Å²) in [5.41, 5.74) is -0.292. The maximum absolute atomic E-state index is 11.8. The molecule has 7 heteroatoms. The van der Waals surface area contributed by atoms with Crippen molar-refractivity contribution < 1.29 is 22.7 Å². The van der Waals surface area contributed by atoms with Crippen LogP contribution < -0.4 is 10.6 Å². The van der Waals surface area contributed by atoms with Crippen LogP contribution in [-0.4, -0.2) is 43.4 Å². The molecule has 19 heavy (non-hydrogen) atoms. The highest BCUT2D eigenvalue weighted by molar-refractivity contribution is 5.81. The number of carbonyl (C=O) groups excluding carboxylic acids is 1. The molecule has 0 radical (unpaired) electrons. The van der Waals surface area contributed by atoms with Crippen molar-refractivity contribution in [3.05, 3.63) is 0 Å².